The molecule has 3 amide bonds. The van der Waals surface area contributed by atoms with Gasteiger partial charge < -0.3 is 15.4 Å². The summed E-state index contributed by atoms with van der Waals surface area (Å²) in [6.45, 7) is 0. The van der Waals surface area contributed by atoms with E-state index in [1.807, 2.05) is 84.9 Å². The Hall–Kier alpha value is -5.25. The molecule has 1 aliphatic heterocycles. The third-order valence-electron chi connectivity index (χ3n) is 7.10. The lowest BCUT2D eigenvalue weighted by Gasteiger charge is -2.31. The molecule has 1 heterocycles. The predicted molar refractivity (Wildman–Crippen MR) is 185 cm³/mol. The molecule has 46 heavy (non-hydrogen) atoms. The lowest BCUT2D eigenvalue weighted by Crippen LogP contribution is -2.30. The molecule has 6 rings (SSSR count). The highest BCUT2D eigenvalue weighted by molar-refractivity contribution is 8.00. The second-order valence-electron chi connectivity index (χ2n) is 10.2. The Morgan fingerprint density at radius 2 is 1.43 bits per heavy atom. The van der Waals surface area contributed by atoms with E-state index in [2.05, 4.69) is 10.6 Å². The van der Waals surface area contributed by atoms with Crippen molar-refractivity contribution in [2.75, 3.05) is 23.1 Å². The van der Waals surface area contributed by atoms with E-state index in [1.54, 1.807) is 72.3 Å². The van der Waals surface area contributed by atoms with Gasteiger partial charge in [0.05, 0.1) is 24.2 Å². The number of anilines is 3. The lowest BCUT2D eigenvalue weighted by molar-refractivity contribution is -0.115. The minimum atomic E-state index is -0.507. The number of carbonyl (C=O) groups excluding carboxylic acids is 3. The number of ether oxygens (including phenoxy) is 1. The summed E-state index contributed by atoms with van der Waals surface area (Å²) in [4.78, 5) is 44.9. The molecule has 2 N–H and O–H groups in total. The van der Waals surface area contributed by atoms with Gasteiger partial charge in [-0.15, -0.1) is 11.8 Å². The molecule has 5 aromatic rings. The first kappa shape index (κ1) is 30.8. The van der Waals surface area contributed by atoms with E-state index in [4.69, 9.17) is 4.74 Å². The number of carbonyl (C=O) groups is 3. The molecule has 0 atom stereocenters. The van der Waals surface area contributed by atoms with Crippen LogP contribution in [0.2, 0.25) is 0 Å². The number of para-hydroxylation sites is 3. The second kappa shape index (κ2) is 14.2. The zero-order chi connectivity index (χ0) is 31.9. The quantitative estimate of drug-likeness (QED) is 0.125. The molecular weight excluding hydrogens is 615 g/mol. The Balaban J connectivity index is 1.19. The van der Waals surface area contributed by atoms with Crippen molar-refractivity contribution >= 4 is 64.4 Å². The molecule has 0 aliphatic carbocycles. The molecule has 7 nitrogen and oxygen atoms in total. The number of methoxy groups -OCH3 is 1. The highest BCUT2D eigenvalue weighted by atomic mass is 32.2. The van der Waals surface area contributed by atoms with Crippen LogP contribution in [-0.4, -0.2) is 30.6 Å². The van der Waals surface area contributed by atoms with E-state index in [-0.39, 0.29) is 17.4 Å². The Morgan fingerprint density at radius 1 is 0.783 bits per heavy atom. The van der Waals surface area contributed by atoms with Crippen LogP contribution in [0.5, 0.6) is 5.75 Å². The molecule has 0 unspecified atom stereocenters. The standard InChI is InChI=1S/C37H29N3O4S2/c1-44-32-19-8-5-14-26(32)22-29(39-36(42)25-12-3-2-4-13-25)37(43)38-27-15-11-16-28(23-27)45-24-35(41)40-30-17-6-9-20-33(30)46-34-21-10-7-18-31(34)40/h2-23H,24H2,1H3,(H,38,43)(H,39,42)/b29-22-. The smallest absolute Gasteiger partial charge is 0.272 e. The first-order valence-corrected chi connectivity index (χ1v) is 16.2. The molecule has 0 radical (unpaired) electrons. The summed E-state index contributed by atoms with van der Waals surface area (Å²) < 4.78 is 5.45. The average molecular weight is 644 g/mol. The first-order valence-electron chi connectivity index (χ1n) is 14.4. The van der Waals surface area contributed by atoms with Crippen molar-refractivity contribution in [3.63, 3.8) is 0 Å². The van der Waals surface area contributed by atoms with Crippen LogP contribution in [0.1, 0.15) is 15.9 Å². The Labute approximate surface area is 275 Å². The highest BCUT2D eigenvalue weighted by Gasteiger charge is 2.27. The van der Waals surface area contributed by atoms with Gasteiger partial charge >= 0.3 is 0 Å². The van der Waals surface area contributed by atoms with Gasteiger partial charge in [-0.05, 0) is 66.7 Å². The Morgan fingerprint density at radius 3 is 2.15 bits per heavy atom. The van der Waals surface area contributed by atoms with Gasteiger partial charge in [0.1, 0.15) is 11.4 Å². The number of nitrogens with zero attached hydrogens (tertiary/aromatic N) is 1. The average Bonchev–Trinajstić information content (AvgIpc) is 3.10. The molecular formula is C37H29N3O4S2. The topological polar surface area (TPSA) is 87.7 Å². The minimum absolute atomic E-state index is 0.0480. The monoisotopic (exact) mass is 643 g/mol. The fraction of sp³-hybridized carbons (Fsp3) is 0.0541. The molecule has 0 fully saturated rings. The maximum absolute atomic E-state index is 13.7. The lowest BCUT2D eigenvalue weighted by atomic mass is 10.1. The number of benzene rings is 5. The van der Waals surface area contributed by atoms with Gasteiger partial charge in [0.2, 0.25) is 5.91 Å². The normalized spacial score (nSPS) is 12.0. The van der Waals surface area contributed by atoms with Gasteiger partial charge in [0.25, 0.3) is 11.8 Å². The van der Waals surface area contributed by atoms with Crippen molar-refractivity contribution in [3.8, 4) is 5.75 Å². The summed E-state index contributed by atoms with van der Waals surface area (Å²) in [6.07, 6.45) is 1.58. The molecule has 0 saturated heterocycles. The van der Waals surface area contributed by atoms with Crippen LogP contribution in [0.3, 0.4) is 0 Å². The summed E-state index contributed by atoms with van der Waals surface area (Å²) >= 11 is 3.04. The molecule has 0 spiro atoms. The molecule has 1 aliphatic rings. The SMILES string of the molecule is COc1ccccc1/C=C(\NC(=O)c1ccccc1)C(=O)Nc1cccc(SCC(=O)N2c3ccccc3Sc3ccccc32)c1. The number of hydrogen-bond acceptors (Lipinski definition) is 6. The van der Waals surface area contributed by atoms with E-state index in [9.17, 15) is 14.4 Å². The van der Waals surface area contributed by atoms with Crippen molar-refractivity contribution in [1.29, 1.82) is 0 Å². The number of hydrogen-bond donors (Lipinski definition) is 2. The summed E-state index contributed by atoms with van der Waals surface area (Å²) in [7, 11) is 1.55. The maximum Gasteiger partial charge on any atom is 0.272 e. The Kier molecular flexibility index (Phi) is 9.52. The highest BCUT2D eigenvalue weighted by Crippen LogP contribution is 2.48. The van der Waals surface area contributed by atoms with Crippen LogP contribution in [0, 0.1) is 0 Å². The Bertz CT molecular complexity index is 1900. The van der Waals surface area contributed by atoms with E-state index >= 15 is 0 Å². The molecule has 0 saturated carbocycles. The van der Waals surface area contributed by atoms with Gasteiger partial charge in [0.15, 0.2) is 0 Å². The summed E-state index contributed by atoms with van der Waals surface area (Å²) in [5.41, 5.74) is 3.35. The predicted octanol–water partition coefficient (Wildman–Crippen LogP) is 8.03. The summed E-state index contributed by atoms with van der Waals surface area (Å²) in [5, 5.41) is 5.66. The first-order chi connectivity index (χ1) is 22.5. The number of thioether (sulfide) groups is 1. The number of rotatable bonds is 9. The summed E-state index contributed by atoms with van der Waals surface area (Å²) in [6, 6.07) is 39.0. The van der Waals surface area contributed by atoms with E-state index < -0.39 is 11.8 Å². The van der Waals surface area contributed by atoms with Gasteiger partial charge in [0, 0.05) is 31.5 Å². The van der Waals surface area contributed by atoms with Crippen molar-refractivity contribution in [3.05, 3.63) is 144 Å². The van der Waals surface area contributed by atoms with Gasteiger partial charge in [-0.2, -0.15) is 0 Å². The number of amides is 3. The van der Waals surface area contributed by atoms with Gasteiger partial charge in [-0.1, -0.05) is 78.5 Å². The fourth-order valence-electron chi connectivity index (χ4n) is 4.93. The van der Waals surface area contributed by atoms with E-state index in [0.717, 1.165) is 26.1 Å². The molecule has 228 valence electrons. The number of fused-ring (bicyclic) bond motifs is 2. The zero-order valence-electron chi connectivity index (χ0n) is 24.8. The third kappa shape index (κ3) is 7.01. The fourth-order valence-corrected chi connectivity index (χ4v) is 6.79. The zero-order valence-corrected chi connectivity index (χ0v) is 26.4. The maximum atomic E-state index is 13.7. The molecule has 0 bridgehead atoms. The second-order valence-corrected chi connectivity index (χ2v) is 12.3. The van der Waals surface area contributed by atoms with Crippen molar-refractivity contribution < 1.29 is 19.1 Å². The van der Waals surface area contributed by atoms with Crippen molar-refractivity contribution in [2.45, 2.75) is 14.7 Å². The molecule has 0 aromatic heterocycles. The van der Waals surface area contributed by atoms with Crippen LogP contribution in [0.4, 0.5) is 17.1 Å². The third-order valence-corrected chi connectivity index (χ3v) is 9.21. The van der Waals surface area contributed by atoms with Crippen LogP contribution >= 0.6 is 23.5 Å². The largest absolute Gasteiger partial charge is 0.496 e. The van der Waals surface area contributed by atoms with Crippen LogP contribution in [0.25, 0.3) is 6.08 Å². The summed E-state index contributed by atoms with van der Waals surface area (Å²) in [5.74, 6) is -0.226. The molecule has 5 aromatic carbocycles. The van der Waals surface area contributed by atoms with Gasteiger partial charge in [-0.25, -0.2) is 0 Å². The van der Waals surface area contributed by atoms with Crippen LogP contribution in [-0.2, 0) is 9.59 Å². The van der Waals surface area contributed by atoms with Crippen LogP contribution < -0.4 is 20.3 Å². The molecule has 9 heteroatoms. The van der Waals surface area contributed by atoms with Crippen molar-refractivity contribution in [2.24, 2.45) is 0 Å². The number of nitrogens with one attached hydrogen (secondary N) is 2. The minimum Gasteiger partial charge on any atom is -0.496 e. The van der Waals surface area contributed by atoms with Gasteiger partial charge in [-0.3, -0.25) is 19.3 Å². The van der Waals surface area contributed by atoms with E-state index in [0.29, 0.717) is 22.6 Å². The van der Waals surface area contributed by atoms with Crippen molar-refractivity contribution in [1.82, 2.24) is 5.32 Å². The van der Waals surface area contributed by atoms with Crippen LogP contribution in [0.15, 0.2) is 148 Å². The van der Waals surface area contributed by atoms with E-state index in [1.165, 1.54) is 11.8 Å².